The molecule has 0 saturated carbocycles. The SMILES string of the molecule is CSC(C)CNC(=O)c1ccc(/C=C/C(=O)O)c(Cl)c1. The van der Waals surface area contributed by atoms with E-state index in [-0.39, 0.29) is 5.91 Å². The zero-order valence-corrected chi connectivity index (χ0v) is 12.8. The van der Waals surface area contributed by atoms with Gasteiger partial charge in [0.2, 0.25) is 0 Å². The molecule has 20 heavy (non-hydrogen) atoms. The highest BCUT2D eigenvalue weighted by Gasteiger charge is 2.09. The molecule has 108 valence electrons. The topological polar surface area (TPSA) is 66.4 Å². The second kappa shape index (κ2) is 7.97. The first-order valence-corrected chi connectivity index (χ1v) is 7.62. The fourth-order valence-corrected chi connectivity index (χ4v) is 1.88. The van der Waals surface area contributed by atoms with Crippen molar-refractivity contribution in [3.63, 3.8) is 0 Å². The average Bonchev–Trinajstić information content (AvgIpc) is 2.42. The van der Waals surface area contributed by atoms with Gasteiger partial charge in [0.05, 0.1) is 0 Å². The van der Waals surface area contributed by atoms with Crippen molar-refractivity contribution in [2.45, 2.75) is 12.2 Å². The summed E-state index contributed by atoms with van der Waals surface area (Å²) in [5, 5.41) is 12.1. The van der Waals surface area contributed by atoms with Gasteiger partial charge >= 0.3 is 5.97 Å². The first-order chi connectivity index (χ1) is 9.43. The number of hydrogen-bond donors (Lipinski definition) is 2. The molecule has 6 heteroatoms. The summed E-state index contributed by atoms with van der Waals surface area (Å²) in [4.78, 5) is 22.3. The number of aliphatic carboxylic acids is 1. The quantitative estimate of drug-likeness (QED) is 0.792. The van der Waals surface area contributed by atoms with Gasteiger partial charge in [-0.3, -0.25) is 4.79 Å². The number of rotatable bonds is 6. The number of benzene rings is 1. The average molecular weight is 314 g/mol. The Morgan fingerprint density at radius 2 is 2.20 bits per heavy atom. The van der Waals surface area contributed by atoms with Crippen LogP contribution in [0, 0.1) is 0 Å². The number of carboxylic acids is 1. The molecule has 1 unspecified atom stereocenters. The molecule has 0 aliphatic rings. The summed E-state index contributed by atoms with van der Waals surface area (Å²) in [7, 11) is 0. The first kappa shape index (κ1) is 16.6. The van der Waals surface area contributed by atoms with Gasteiger partial charge in [-0.25, -0.2) is 4.79 Å². The van der Waals surface area contributed by atoms with E-state index in [0.717, 1.165) is 6.08 Å². The molecule has 1 aromatic rings. The highest BCUT2D eigenvalue weighted by Crippen LogP contribution is 2.19. The molecule has 1 amide bonds. The third-order valence-electron chi connectivity index (χ3n) is 2.62. The van der Waals surface area contributed by atoms with E-state index in [9.17, 15) is 9.59 Å². The smallest absolute Gasteiger partial charge is 0.328 e. The maximum atomic E-state index is 11.9. The molecule has 4 nitrogen and oxygen atoms in total. The van der Waals surface area contributed by atoms with Gasteiger partial charge in [-0.05, 0) is 30.0 Å². The second-order valence-corrected chi connectivity index (χ2v) is 5.85. The Bertz CT molecular complexity index is 531. The van der Waals surface area contributed by atoms with E-state index in [1.54, 1.807) is 23.9 Å². The summed E-state index contributed by atoms with van der Waals surface area (Å²) in [6.45, 7) is 2.61. The lowest BCUT2D eigenvalue weighted by Gasteiger charge is -2.10. The van der Waals surface area contributed by atoms with Crippen molar-refractivity contribution in [2.75, 3.05) is 12.8 Å². The van der Waals surface area contributed by atoms with E-state index >= 15 is 0 Å². The van der Waals surface area contributed by atoms with E-state index in [4.69, 9.17) is 16.7 Å². The van der Waals surface area contributed by atoms with Crippen molar-refractivity contribution < 1.29 is 14.7 Å². The molecule has 1 atom stereocenters. The molecule has 0 heterocycles. The molecule has 0 bridgehead atoms. The van der Waals surface area contributed by atoms with Crippen LogP contribution < -0.4 is 5.32 Å². The van der Waals surface area contributed by atoms with Crippen LogP contribution in [0.15, 0.2) is 24.3 Å². The third kappa shape index (κ3) is 5.27. The fraction of sp³-hybridized carbons (Fsp3) is 0.286. The number of hydrogen-bond acceptors (Lipinski definition) is 3. The van der Waals surface area contributed by atoms with Gasteiger partial charge in [0.15, 0.2) is 0 Å². The molecular formula is C14H16ClNO3S. The number of nitrogens with one attached hydrogen (secondary N) is 1. The molecule has 0 spiro atoms. The maximum absolute atomic E-state index is 11.9. The normalized spacial score (nSPS) is 12.3. The van der Waals surface area contributed by atoms with Crippen molar-refractivity contribution >= 4 is 41.3 Å². The molecule has 0 fully saturated rings. The summed E-state index contributed by atoms with van der Waals surface area (Å²) >= 11 is 7.69. The zero-order valence-electron chi connectivity index (χ0n) is 11.2. The summed E-state index contributed by atoms with van der Waals surface area (Å²) in [5.41, 5.74) is 1.01. The van der Waals surface area contributed by atoms with Crippen molar-refractivity contribution in [2.24, 2.45) is 0 Å². The monoisotopic (exact) mass is 313 g/mol. The number of thioether (sulfide) groups is 1. The highest BCUT2D eigenvalue weighted by atomic mass is 35.5. The minimum absolute atomic E-state index is 0.193. The largest absolute Gasteiger partial charge is 0.478 e. The lowest BCUT2D eigenvalue weighted by molar-refractivity contribution is -0.131. The zero-order chi connectivity index (χ0) is 15.1. The Kier molecular flexibility index (Phi) is 6.61. The van der Waals surface area contributed by atoms with E-state index < -0.39 is 5.97 Å². The lowest BCUT2D eigenvalue weighted by atomic mass is 10.1. The van der Waals surface area contributed by atoms with Crippen molar-refractivity contribution in [3.8, 4) is 0 Å². The molecule has 2 N–H and O–H groups in total. The van der Waals surface area contributed by atoms with Crippen LogP contribution in [0.1, 0.15) is 22.8 Å². The molecular weight excluding hydrogens is 298 g/mol. The van der Waals surface area contributed by atoms with Crippen LogP contribution in [0.3, 0.4) is 0 Å². The number of halogens is 1. The minimum atomic E-state index is -1.05. The van der Waals surface area contributed by atoms with Crippen molar-refractivity contribution in [3.05, 3.63) is 40.4 Å². The Balaban J connectivity index is 2.76. The standard InChI is InChI=1S/C14H16ClNO3S/c1-9(20-2)8-16-14(19)11-4-3-10(12(15)7-11)5-6-13(17)18/h3-7,9H,8H2,1-2H3,(H,16,19)(H,17,18)/b6-5+. The van der Waals surface area contributed by atoms with Gasteiger partial charge in [0, 0.05) is 28.5 Å². The molecule has 1 aromatic carbocycles. The molecule has 0 radical (unpaired) electrons. The summed E-state index contributed by atoms with van der Waals surface area (Å²) in [5.74, 6) is -1.24. The number of carboxylic acid groups (broad SMARTS) is 1. The molecule has 0 aliphatic heterocycles. The summed E-state index contributed by atoms with van der Waals surface area (Å²) in [6, 6.07) is 4.77. The van der Waals surface area contributed by atoms with Crippen molar-refractivity contribution in [1.82, 2.24) is 5.32 Å². The van der Waals surface area contributed by atoms with Crippen LogP contribution in [0.5, 0.6) is 0 Å². The third-order valence-corrected chi connectivity index (χ3v) is 3.92. The Labute approximate surface area is 127 Å². The molecule has 0 aliphatic carbocycles. The van der Waals surface area contributed by atoms with Crippen LogP contribution >= 0.6 is 23.4 Å². The number of amides is 1. The van der Waals surface area contributed by atoms with Crippen LogP contribution in [-0.4, -0.2) is 35.0 Å². The highest BCUT2D eigenvalue weighted by molar-refractivity contribution is 7.99. The molecule has 0 aromatic heterocycles. The molecule has 1 rings (SSSR count). The predicted molar refractivity (Wildman–Crippen MR) is 83.4 cm³/mol. The Morgan fingerprint density at radius 1 is 1.50 bits per heavy atom. The number of carbonyl (C=O) groups is 2. The van der Waals surface area contributed by atoms with Gasteiger partial charge in [0.1, 0.15) is 0 Å². The molecule has 0 saturated heterocycles. The summed E-state index contributed by atoms with van der Waals surface area (Å²) < 4.78 is 0. The predicted octanol–water partition coefficient (Wildman–Crippen LogP) is 2.92. The number of carbonyl (C=O) groups excluding carboxylic acids is 1. The van der Waals surface area contributed by atoms with E-state index in [0.29, 0.717) is 27.9 Å². The Morgan fingerprint density at radius 3 is 2.75 bits per heavy atom. The lowest BCUT2D eigenvalue weighted by Crippen LogP contribution is -2.29. The van der Waals surface area contributed by atoms with Crippen molar-refractivity contribution in [1.29, 1.82) is 0 Å². The van der Waals surface area contributed by atoms with Crippen LogP contribution in [-0.2, 0) is 4.79 Å². The van der Waals surface area contributed by atoms with Gasteiger partial charge in [-0.15, -0.1) is 0 Å². The van der Waals surface area contributed by atoms with Gasteiger partial charge in [-0.1, -0.05) is 24.6 Å². The maximum Gasteiger partial charge on any atom is 0.328 e. The first-order valence-electron chi connectivity index (χ1n) is 5.95. The second-order valence-electron chi connectivity index (χ2n) is 4.16. The van der Waals surface area contributed by atoms with E-state index in [2.05, 4.69) is 5.32 Å². The fourth-order valence-electron chi connectivity index (χ4n) is 1.39. The van der Waals surface area contributed by atoms with Crippen LogP contribution in [0.4, 0.5) is 0 Å². The minimum Gasteiger partial charge on any atom is -0.478 e. The van der Waals surface area contributed by atoms with Gasteiger partial charge in [-0.2, -0.15) is 11.8 Å². The van der Waals surface area contributed by atoms with Crippen LogP contribution in [0.25, 0.3) is 6.08 Å². The van der Waals surface area contributed by atoms with E-state index in [1.165, 1.54) is 12.1 Å². The van der Waals surface area contributed by atoms with E-state index in [1.807, 2.05) is 13.2 Å². The van der Waals surface area contributed by atoms with Gasteiger partial charge in [0.25, 0.3) is 5.91 Å². The van der Waals surface area contributed by atoms with Crippen LogP contribution in [0.2, 0.25) is 5.02 Å². The Hall–Kier alpha value is -1.46. The van der Waals surface area contributed by atoms with Gasteiger partial charge < -0.3 is 10.4 Å². The summed E-state index contributed by atoms with van der Waals surface area (Å²) in [6.07, 6.45) is 4.38.